The van der Waals surface area contributed by atoms with Gasteiger partial charge in [-0.2, -0.15) is 0 Å². The van der Waals surface area contributed by atoms with Crippen LogP contribution >= 0.6 is 12.4 Å². The lowest BCUT2D eigenvalue weighted by molar-refractivity contribution is -0.130. The van der Waals surface area contributed by atoms with Gasteiger partial charge in [-0.05, 0) is 63.2 Å². The summed E-state index contributed by atoms with van der Waals surface area (Å²) >= 11 is 0. The molecule has 0 aliphatic heterocycles. The Kier molecular flexibility index (Phi) is 8.21. The summed E-state index contributed by atoms with van der Waals surface area (Å²) in [5.74, 6) is 1.52. The van der Waals surface area contributed by atoms with Crippen molar-refractivity contribution in [3.8, 4) is 0 Å². The van der Waals surface area contributed by atoms with Crippen LogP contribution in [0.3, 0.4) is 0 Å². The summed E-state index contributed by atoms with van der Waals surface area (Å²) in [5.41, 5.74) is 6.16. The quantitative estimate of drug-likeness (QED) is 0.680. The molecule has 5 nitrogen and oxygen atoms in total. The molecule has 26 heavy (non-hydrogen) atoms. The van der Waals surface area contributed by atoms with Crippen LogP contribution in [0.5, 0.6) is 0 Å². The average molecular weight is 386 g/mol. The normalized spacial score (nSPS) is 32.8. The number of nitrogens with two attached hydrogens (primary N) is 1. The molecule has 2 amide bonds. The van der Waals surface area contributed by atoms with Gasteiger partial charge in [-0.3, -0.25) is 9.59 Å². The van der Waals surface area contributed by atoms with Gasteiger partial charge in [-0.15, -0.1) is 12.4 Å². The van der Waals surface area contributed by atoms with Gasteiger partial charge >= 0.3 is 0 Å². The summed E-state index contributed by atoms with van der Waals surface area (Å²) in [4.78, 5) is 24.8. The van der Waals surface area contributed by atoms with Crippen molar-refractivity contribution >= 4 is 24.2 Å². The molecule has 150 valence electrons. The molecule has 0 saturated heterocycles. The minimum absolute atomic E-state index is 0. The molecule has 3 aliphatic carbocycles. The van der Waals surface area contributed by atoms with Crippen LogP contribution < -0.4 is 16.4 Å². The summed E-state index contributed by atoms with van der Waals surface area (Å²) in [6.07, 6.45) is 12.3. The number of nitrogens with one attached hydrogen (secondary N) is 2. The van der Waals surface area contributed by atoms with Crippen LogP contribution in [-0.2, 0) is 9.59 Å². The third-order valence-electron chi connectivity index (χ3n) is 6.66. The fourth-order valence-corrected chi connectivity index (χ4v) is 5.33. The van der Waals surface area contributed by atoms with E-state index in [1.165, 1.54) is 25.7 Å². The first kappa shape index (κ1) is 21.5. The lowest BCUT2D eigenvalue weighted by Gasteiger charge is -2.45. The van der Waals surface area contributed by atoms with Crippen LogP contribution in [0.15, 0.2) is 0 Å². The second-order valence-electron chi connectivity index (χ2n) is 8.71. The van der Waals surface area contributed by atoms with Gasteiger partial charge in [-0.25, -0.2) is 0 Å². The van der Waals surface area contributed by atoms with E-state index in [1.54, 1.807) is 6.92 Å². The Hall–Kier alpha value is -0.810. The van der Waals surface area contributed by atoms with Crippen molar-refractivity contribution in [1.82, 2.24) is 10.6 Å². The van der Waals surface area contributed by atoms with E-state index >= 15 is 0 Å². The van der Waals surface area contributed by atoms with E-state index in [9.17, 15) is 9.59 Å². The van der Waals surface area contributed by atoms with Gasteiger partial charge in [0, 0.05) is 18.5 Å². The zero-order chi connectivity index (χ0) is 17.8. The van der Waals surface area contributed by atoms with Gasteiger partial charge in [0.25, 0.3) is 0 Å². The Bertz CT molecular complexity index is 468. The zero-order valence-corrected chi connectivity index (χ0v) is 16.9. The third-order valence-corrected chi connectivity index (χ3v) is 6.66. The van der Waals surface area contributed by atoms with E-state index in [4.69, 9.17) is 5.73 Å². The highest BCUT2D eigenvalue weighted by atomic mass is 35.5. The van der Waals surface area contributed by atoms with Crippen molar-refractivity contribution < 1.29 is 9.59 Å². The minimum atomic E-state index is -0.451. The fourth-order valence-electron chi connectivity index (χ4n) is 5.33. The molecular formula is C20H36ClN3O2. The van der Waals surface area contributed by atoms with Crippen molar-refractivity contribution in [2.24, 2.45) is 23.5 Å². The van der Waals surface area contributed by atoms with Crippen molar-refractivity contribution in [3.05, 3.63) is 0 Å². The molecule has 6 heteroatoms. The lowest BCUT2D eigenvalue weighted by atomic mass is 9.67. The van der Waals surface area contributed by atoms with E-state index in [0.717, 1.165) is 38.5 Å². The second kappa shape index (κ2) is 9.93. The first-order valence-corrected chi connectivity index (χ1v) is 10.4. The maximum Gasteiger partial charge on any atom is 0.242 e. The first-order chi connectivity index (χ1) is 12.0. The summed E-state index contributed by atoms with van der Waals surface area (Å²) in [6.45, 7) is 1.80. The molecule has 0 aromatic carbocycles. The van der Waals surface area contributed by atoms with Crippen molar-refractivity contribution in [3.63, 3.8) is 0 Å². The number of amides is 2. The van der Waals surface area contributed by atoms with Gasteiger partial charge in [0.2, 0.25) is 11.8 Å². The monoisotopic (exact) mass is 385 g/mol. The number of hydrogen-bond donors (Lipinski definition) is 3. The highest BCUT2D eigenvalue weighted by molar-refractivity contribution is 5.87. The number of fused-ring (bicyclic) bond motifs is 2. The molecule has 4 N–H and O–H groups in total. The maximum atomic E-state index is 12.6. The smallest absolute Gasteiger partial charge is 0.242 e. The molecule has 2 bridgehead atoms. The third kappa shape index (κ3) is 5.59. The predicted molar refractivity (Wildman–Crippen MR) is 106 cm³/mol. The van der Waals surface area contributed by atoms with Crippen LogP contribution in [0.25, 0.3) is 0 Å². The van der Waals surface area contributed by atoms with Crippen LogP contribution in [0.2, 0.25) is 0 Å². The van der Waals surface area contributed by atoms with Gasteiger partial charge in [-0.1, -0.05) is 25.7 Å². The van der Waals surface area contributed by atoms with Gasteiger partial charge in [0.15, 0.2) is 0 Å². The Morgan fingerprint density at radius 2 is 1.62 bits per heavy atom. The Balaban J connectivity index is 0.00000243. The topological polar surface area (TPSA) is 84.2 Å². The van der Waals surface area contributed by atoms with Gasteiger partial charge in [0.1, 0.15) is 6.04 Å². The average Bonchev–Trinajstić information content (AvgIpc) is 2.56. The van der Waals surface area contributed by atoms with Crippen LogP contribution in [0, 0.1) is 17.8 Å². The summed E-state index contributed by atoms with van der Waals surface area (Å²) in [6, 6.07) is 0.0854. The SMILES string of the molecule is CC(NC(=O)CC1CCCCC1)C(=O)NC1C2CCCC1CC(N)C2.Cl. The largest absolute Gasteiger partial charge is 0.351 e. The molecule has 3 atom stereocenters. The molecule has 0 aromatic heterocycles. The highest BCUT2D eigenvalue weighted by Crippen LogP contribution is 2.39. The Morgan fingerprint density at radius 3 is 2.23 bits per heavy atom. The summed E-state index contributed by atoms with van der Waals surface area (Å²) < 4.78 is 0. The molecule has 3 saturated carbocycles. The van der Waals surface area contributed by atoms with Gasteiger partial charge < -0.3 is 16.4 Å². The fraction of sp³-hybridized carbons (Fsp3) is 0.900. The lowest BCUT2D eigenvalue weighted by Crippen LogP contribution is -2.57. The standard InChI is InChI=1S/C20H35N3O2.ClH/c1-13(22-18(24)10-14-6-3-2-4-7-14)20(25)23-19-15-8-5-9-16(19)12-17(21)11-15;/h13-17,19H,2-12,21H2,1H3,(H,22,24)(H,23,25);1H. The molecule has 0 heterocycles. The molecule has 3 fully saturated rings. The Labute approximate surface area is 164 Å². The molecule has 3 rings (SSSR count). The van der Waals surface area contributed by atoms with E-state index in [0.29, 0.717) is 24.2 Å². The Morgan fingerprint density at radius 1 is 1.00 bits per heavy atom. The second-order valence-corrected chi connectivity index (χ2v) is 8.71. The number of hydrogen-bond acceptors (Lipinski definition) is 3. The maximum absolute atomic E-state index is 12.6. The van der Waals surface area contributed by atoms with E-state index in [2.05, 4.69) is 10.6 Å². The van der Waals surface area contributed by atoms with Crippen molar-refractivity contribution in [1.29, 1.82) is 0 Å². The first-order valence-electron chi connectivity index (χ1n) is 10.4. The summed E-state index contributed by atoms with van der Waals surface area (Å²) in [5, 5.41) is 6.16. The van der Waals surface area contributed by atoms with Crippen LogP contribution in [-0.4, -0.2) is 29.9 Å². The minimum Gasteiger partial charge on any atom is -0.351 e. The molecule has 0 spiro atoms. The number of rotatable bonds is 5. The predicted octanol–water partition coefficient (Wildman–Crippen LogP) is 2.91. The van der Waals surface area contributed by atoms with E-state index in [-0.39, 0.29) is 36.3 Å². The number of halogens is 1. The number of carbonyl (C=O) groups is 2. The number of carbonyl (C=O) groups excluding carboxylic acids is 2. The molecular weight excluding hydrogens is 350 g/mol. The molecule has 3 aliphatic rings. The molecule has 0 aromatic rings. The van der Waals surface area contributed by atoms with Crippen LogP contribution in [0.4, 0.5) is 0 Å². The highest BCUT2D eigenvalue weighted by Gasteiger charge is 2.40. The molecule has 0 radical (unpaired) electrons. The van der Waals surface area contributed by atoms with E-state index < -0.39 is 6.04 Å². The summed E-state index contributed by atoms with van der Waals surface area (Å²) in [7, 11) is 0. The van der Waals surface area contributed by atoms with Crippen molar-refractivity contribution in [2.45, 2.75) is 95.7 Å². The zero-order valence-electron chi connectivity index (χ0n) is 16.0. The van der Waals surface area contributed by atoms with Crippen molar-refractivity contribution in [2.75, 3.05) is 0 Å². The molecule has 3 unspecified atom stereocenters. The van der Waals surface area contributed by atoms with Crippen LogP contribution in [0.1, 0.15) is 77.6 Å². The van der Waals surface area contributed by atoms with Gasteiger partial charge in [0.05, 0.1) is 0 Å². The van der Waals surface area contributed by atoms with E-state index in [1.807, 2.05) is 0 Å².